The normalized spacial score (nSPS) is 17.2. The molecule has 0 spiro atoms. The Balaban J connectivity index is 2.22. The third kappa shape index (κ3) is 6.02. The van der Waals surface area contributed by atoms with Gasteiger partial charge in [0.1, 0.15) is 6.04 Å². The lowest BCUT2D eigenvalue weighted by Crippen LogP contribution is -2.43. The lowest BCUT2D eigenvalue weighted by atomic mass is 10.1. The monoisotopic (exact) mass is 272 g/mol. The number of ether oxygens (including phenoxy) is 1. The van der Waals surface area contributed by atoms with E-state index in [1.807, 2.05) is 6.92 Å². The minimum absolute atomic E-state index is 0.0652. The van der Waals surface area contributed by atoms with Gasteiger partial charge in [-0.25, -0.2) is 0 Å². The highest BCUT2D eigenvalue weighted by Crippen LogP contribution is 2.03. The molecule has 1 heterocycles. The van der Waals surface area contributed by atoms with Gasteiger partial charge in [-0.2, -0.15) is 0 Å². The number of carboxylic acids is 1. The molecule has 110 valence electrons. The van der Waals surface area contributed by atoms with Crippen LogP contribution >= 0.6 is 0 Å². The highest BCUT2D eigenvalue weighted by Gasteiger charge is 2.19. The second-order valence-corrected chi connectivity index (χ2v) is 4.73. The summed E-state index contributed by atoms with van der Waals surface area (Å²) in [6.07, 6.45) is 2.80. The van der Waals surface area contributed by atoms with Crippen molar-refractivity contribution in [3.8, 4) is 0 Å². The first-order valence-electron chi connectivity index (χ1n) is 6.97. The van der Waals surface area contributed by atoms with Gasteiger partial charge >= 0.3 is 5.97 Å². The van der Waals surface area contributed by atoms with Gasteiger partial charge in [0.25, 0.3) is 0 Å². The van der Waals surface area contributed by atoms with E-state index in [1.165, 1.54) is 0 Å². The number of nitrogens with zero attached hydrogens (tertiary/aromatic N) is 1. The number of nitrogens with one attached hydrogen (secondary N) is 1. The minimum atomic E-state index is -0.840. The van der Waals surface area contributed by atoms with E-state index in [0.29, 0.717) is 45.7 Å². The molecule has 0 saturated carbocycles. The Labute approximate surface area is 114 Å². The molecular formula is C13H24N2O4. The van der Waals surface area contributed by atoms with Crippen molar-refractivity contribution in [1.29, 1.82) is 0 Å². The number of carbonyl (C=O) groups excluding carboxylic acids is 1. The van der Waals surface area contributed by atoms with E-state index in [1.54, 1.807) is 4.90 Å². The summed E-state index contributed by atoms with van der Waals surface area (Å²) in [5, 5.41) is 12.0. The molecule has 0 aromatic rings. The van der Waals surface area contributed by atoms with Crippen LogP contribution in [0.4, 0.5) is 0 Å². The van der Waals surface area contributed by atoms with E-state index in [2.05, 4.69) is 5.32 Å². The maximum Gasteiger partial charge on any atom is 0.320 e. The lowest BCUT2D eigenvalue weighted by Gasteiger charge is -2.27. The largest absolute Gasteiger partial charge is 0.480 e. The molecule has 1 atom stereocenters. The van der Waals surface area contributed by atoms with Gasteiger partial charge in [0.05, 0.1) is 13.2 Å². The molecule has 1 fully saturated rings. The molecule has 0 aromatic heterocycles. The quantitative estimate of drug-likeness (QED) is 0.671. The Morgan fingerprint density at radius 3 is 2.63 bits per heavy atom. The van der Waals surface area contributed by atoms with E-state index in [0.717, 1.165) is 12.8 Å². The molecular weight excluding hydrogens is 248 g/mol. The number of carboxylic acid groups (broad SMARTS) is 1. The molecule has 0 bridgehead atoms. The predicted octanol–water partition coefficient (Wildman–Crippen LogP) is 0.468. The van der Waals surface area contributed by atoms with Crippen LogP contribution in [0, 0.1) is 0 Å². The van der Waals surface area contributed by atoms with Crippen molar-refractivity contribution in [1.82, 2.24) is 10.2 Å². The van der Waals surface area contributed by atoms with Crippen LogP contribution in [0.1, 0.15) is 32.6 Å². The van der Waals surface area contributed by atoms with E-state index in [-0.39, 0.29) is 5.91 Å². The highest BCUT2D eigenvalue weighted by atomic mass is 16.5. The minimum Gasteiger partial charge on any atom is -0.480 e. The zero-order chi connectivity index (χ0) is 14.1. The Morgan fingerprint density at radius 1 is 1.37 bits per heavy atom. The smallest absolute Gasteiger partial charge is 0.320 e. The average molecular weight is 272 g/mol. The van der Waals surface area contributed by atoms with Crippen LogP contribution in [0.2, 0.25) is 0 Å². The average Bonchev–Trinajstić information content (AvgIpc) is 2.43. The number of aliphatic carboxylic acids is 1. The summed E-state index contributed by atoms with van der Waals surface area (Å²) in [4.78, 5) is 24.6. The second-order valence-electron chi connectivity index (χ2n) is 4.73. The van der Waals surface area contributed by atoms with Gasteiger partial charge in [-0.3, -0.25) is 9.59 Å². The number of amides is 1. The molecule has 1 saturated heterocycles. The van der Waals surface area contributed by atoms with E-state index in [9.17, 15) is 9.59 Å². The molecule has 1 amide bonds. The Bertz CT molecular complexity index is 290. The van der Waals surface area contributed by atoms with Gasteiger partial charge < -0.3 is 20.1 Å². The third-order valence-corrected chi connectivity index (χ3v) is 3.24. The Kier molecular flexibility index (Phi) is 7.43. The highest BCUT2D eigenvalue weighted by molar-refractivity contribution is 5.77. The predicted molar refractivity (Wildman–Crippen MR) is 71.0 cm³/mol. The first-order valence-corrected chi connectivity index (χ1v) is 6.97. The number of unbranched alkanes of at least 4 members (excludes halogenated alkanes) is 1. The van der Waals surface area contributed by atoms with Crippen LogP contribution in [0.15, 0.2) is 0 Å². The maximum absolute atomic E-state index is 11.8. The van der Waals surface area contributed by atoms with E-state index < -0.39 is 12.0 Å². The van der Waals surface area contributed by atoms with Gasteiger partial charge in [-0.1, -0.05) is 19.8 Å². The van der Waals surface area contributed by atoms with Crippen molar-refractivity contribution < 1.29 is 19.4 Å². The van der Waals surface area contributed by atoms with Gasteiger partial charge in [-0.05, 0) is 6.42 Å². The van der Waals surface area contributed by atoms with Crippen molar-refractivity contribution >= 4 is 11.9 Å². The topological polar surface area (TPSA) is 78.9 Å². The number of hydrogen-bond acceptors (Lipinski definition) is 4. The fourth-order valence-electron chi connectivity index (χ4n) is 2.05. The molecule has 6 heteroatoms. The van der Waals surface area contributed by atoms with E-state index >= 15 is 0 Å². The Hall–Kier alpha value is -1.14. The van der Waals surface area contributed by atoms with Gasteiger partial charge in [-0.15, -0.1) is 0 Å². The van der Waals surface area contributed by atoms with Gasteiger partial charge in [0.15, 0.2) is 0 Å². The van der Waals surface area contributed by atoms with Crippen LogP contribution < -0.4 is 5.32 Å². The summed E-state index contributed by atoms with van der Waals surface area (Å²) in [5.74, 6) is -0.775. The van der Waals surface area contributed by atoms with Crippen molar-refractivity contribution in [2.45, 2.75) is 38.6 Å². The maximum atomic E-state index is 11.8. The molecule has 2 N–H and O–H groups in total. The molecule has 1 rings (SSSR count). The number of morpholine rings is 1. The van der Waals surface area contributed by atoms with Crippen LogP contribution in [-0.4, -0.2) is 60.8 Å². The Morgan fingerprint density at radius 2 is 2.05 bits per heavy atom. The SMILES string of the molecule is CCCCC(NCCC(=O)N1CCOCC1)C(=O)O. The lowest BCUT2D eigenvalue weighted by molar-refractivity contribution is -0.140. The van der Waals surface area contributed by atoms with Crippen molar-refractivity contribution in [2.75, 3.05) is 32.8 Å². The standard InChI is InChI=1S/C13H24N2O4/c1-2-3-4-11(13(17)18)14-6-5-12(16)15-7-9-19-10-8-15/h11,14H,2-10H2,1H3,(H,17,18). The van der Waals surface area contributed by atoms with Crippen LogP contribution in [0.25, 0.3) is 0 Å². The van der Waals surface area contributed by atoms with Crippen LogP contribution in [-0.2, 0) is 14.3 Å². The van der Waals surface area contributed by atoms with Crippen LogP contribution in [0.5, 0.6) is 0 Å². The van der Waals surface area contributed by atoms with Crippen molar-refractivity contribution in [3.05, 3.63) is 0 Å². The third-order valence-electron chi connectivity index (χ3n) is 3.24. The molecule has 0 aromatic carbocycles. The first-order chi connectivity index (χ1) is 9.15. The fraction of sp³-hybridized carbons (Fsp3) is 0.846. The molecule has 1 aliphatic rings. The molecule has 19 heavy (non-hydrogen) atoms. The summed E-state index contributed by atoms with van der Waals surface area (Å²) in [6, 6.07) is -0.544. The van der Waals surface area contributed by atoms with Crippen molar-refractivity contribution in [2.24, 2.45) is 0 Å². The molecule has 6 nitrogen and oxygen atoms in total. The number of rotatable bonds is 8. The van der Waals surface area contributed by atoms with Crippen LogP contribution in [0.3, 0.4) is 0 Å². The van der Waals surface area contributed by atoms with Gasteiger partial charge in [0, 0.05) is 26.1 Å². The molecule has 0 radical (unpaired) electrons. The molecule has 1 unspecified atom stereocenters. The first kappa shape index (κ1) is 15.9. The summed E-state index contributed by atoms with van der Waals surface area (Å²) in [7, 11) is 0. The van der Waals surface area contributed by atoms with Gasteiger partial charge in [0.2, 0.25) is 5.91 Å². The summed E-state index contributed by atoms with van der Waals surface area (Å²) >= 11 is 0. The summed E-state index contributed by atoms with van der Waals surface area (Å²) in [5.41, 5.74) is 0. The molecule has 0 aliphatic carbocycles. The number of hydrogen-bond donors (Lipinski definition) is 2. The van der Waals surface area contributed by atoms with Crippen molar-refractivity contribution in [3.63, 3.8) is 0 Å². The second kappa shape index (κ2) is 8.87. The van der Waals surface area contributed by atoms with E-state index in [4.69, 9.17) is 9.84 Å². The number of carbonyl (C=O) groups is 2. The molecule has 1 aliphatic heterocycles. The zero-order valence-electron chi connectivity index (χ0n) is 11.6. The summed E-state index contributed by atoms with van der Waals surface area (Å²) in [6.45, 7) is 4.90. The summed E-state index contributed by atoms with van der Waals surface area (Å²) < 4.78 is 5.18. The zero-order valence-corrected chi connectivity index (χ0v) is 11.6. The fourth-order valence-corrected chi connectivity index (χ4v) is 2.05.